The molecule has 0 amide bonds. The van der Waals surface area contributed by atoms with Gasteiger partial charge in [0.2, 0.25) is 12.0 Å². The number of fused-ring (bicyclic) bond motifs is 5. The van der Waals surface area contributed by atoms with E-state index in [1.54, 1.807) is 30.3 Å². The lowest BCUT2D eigenvalue weighted by molar-refractivity contribution is -0.277. The molecule has 0 bridgehead atoms. The van der Waals surface area contributed by atoms with E-state index in [1.807, 2.05) is 0 Å². The number of benzene rings is 2. The van der Waals surface area contributed by atoms with Crippen molar-refractivity contribution in [1.29, 1.82) is 0 Å². The summed E-state index contributed by atoms with van der Waals surface area (Å²) in [6, 6.07) is 8.41. The highest BCUT2D eigenvalue weighted by Gasteiger charge is 2.47. The molecule has 2 aromatic carbocycles. The largest absolute Gasteiger partial charge is 0.508 e. The Bertz CT molecular complexity index is 1010. The number of hydrogen-bond donors (Lipinski definition) is 5. The van der Waals surface area contributed by atoms with Gasteiger partial charge in [0.15, 0.2) is 11.5 Å². The molecule has 0 aliphatic carbocycles. The maximum Gasteiger partial charge on any atom is 0.229 e. The third-order valence-electron chi connectivity index (χ3n) is 6.14. The molecule has 5 rings (SSSR count). The summed E-state index contributed by atoms with van der Waals surface area (Å²) < 4.78 is 28.9. The molecule has 1 saturated heterocycles. The van der Waals surface area contributed by atoms with Crippen LogP contribution in [0, 0.1) is 0 Å². The van der Waals surface area contributed by atoms with Gasteiger partial charge in [-0.2, -0.15) is 0 Å². The predicted molar refractivity (Wildman–Crippen MR) is 107 cm³/mol. The fraction of sp³-hybridized carbons (Fsp3) is 0.455. The first-order valence-corrected chi connectivity index (χ1v) is 10.2. The lowest BCUT2D eigenvalue weighted by Gasteiger charge is -2.40. The second-order valence-electron chi connectivity index (χ2n) is 8.01. The summed E-state index contributed by atoms with van der Waals surface area (Å²) in [5, 5.41) is 49.7. The topological polar surface area (TPSA) is 147 Å². The van der Waals surface area contributed by atoms with Crippen molar-refractivity contribution in [3.8, 4) is 28.7 Å². The molecule has 5 N–H and O–H groups in total. The van der Waals surface area contributed by atoms with E-state index in [-0.39, 0.29) is 24.0 Å². The minimum atomic E-state index is -1.58. The zero-order chi connectivity index (χ0) is 22.6. The second kappa shape index (κ2) is 7.98. The van der Waals surface area contributed by atoms with Crippen LogP contribution in [-0.2, 0) is 4.74 Å². The number of phenols is 1. The molecule has 0 radical (unpaired) electrons. The SMILES string of the molecule is COc1ccc2c(c1OC1OC(CO)C(O)C(O)C1O)OCC1c3ccc(O)cc3OC21. The maximum atomic E-state index is 10.4. The van der Waals surface area contributed by atoms with Crippen LogP contribution in [0.1, 0.15) is 23.1 Å². The Hall–Kier alpha value is -2.76. The average Bonchev–Trinajstić information content (AvgIpc) is 3.17. The van der Waals surface area contributed by atoms with Crippen LogP contribution in [-0.4, -0.2) is 76.6 Å². The highest BCUT2D eigenvalue weighted by Crippen LogP contribution is 2.55. The molecule has 7 unspecified atom stereocenters. The smallest absolute Gasteiger partial charge is 0.229 e. The number of hydrogen-bond acceptors (Lipinski definition) is 10. The Labute approximate surface area is 183 Å². The molecule has 0 aromatic heterocycles. The van der Waals surface area contributed by atoms with Crippen LogP contribution < -0.4 is 18.9 Å². The summed E-state index contributed by atoms with van der Waals surface area (Å²) in [5.41, 5.74) is 1.60. The lowest BCUT2D eigenvalue weighted by Crippen LogP contribution is -2.60. The van der Waals surface area contributed by atoms with Gasteiger partial charge in [0, 0.05) is 17.2 Å². The molecular weight excluding hydrogens is 424 g/mol. The van der Waals surface area contributed by atoms with E-state index in [2.05, 4.69) is 0 Å². The fourth-order valence-corrected chi connectivity index (χ4v) is 4.43. The standard InChI is InChI=1S/C22H24O10/c1-28-13-5-4-11-19-12(10-3-2-9(24)6-14(10)30-19)8-29-20(11)21(13)32-22-18(27)17(26)16(25)15(7-23)31-22/h2-6,12,15-19,22-27H,7-8H2,1H3. The van der Waals surface area contributed by atoms with Gasteiger partial charge in [0.05, 0.1) is 26.2 Å². The summed E-state index contributed by atoms with van der Waals surface area (Å²) in [4.78, 5) is 0. The number of aliphatic hydroxyl groups excluding tert-OH is 4. The van der Waals surface area contributed by atoms with Crippen molar-refractivity contribution in [2.75, 3.05) is 20.3 Å². The predicted octanol–water partition coefficient (Wildman–Crippen LogP) is 0.189. The lowest BCUT2D eigenvalue weighted by atomic mass is 9.89. The van der Waals surface area contributed by atoms with Crippen molar-refractivity contribution < 1.29 is 49.2 Å². The summed E-state index contributed by atoms with van der Waals surface area (Å²) in [6.07, 6.45) is -7.57. The number of phenolic OH excluding ortho intramolecular Hbond substituents is 1. The molecule has 1 fully saturated rings. The fourth-order valence-electron chi connectivity index (χ4n) is 4.43. The molecule has 172 valence electrons. The van der Waals surface area contributed by atoms with Gasteiger partial charge in [-0.15, -0.1) is 0 Å². The first-order valence-electron chi connectivity index (χ1n) is 10.2. The third-order valence-corrected chi connectivity index (χ3v) is 6.14. The molecule has 2 aromatic rings. The molecule has 10 nitrogen and oxygen atoms in total. The Kier molecular flexibility index (Phi) is 5.26. The van der Waals surface area contributed by atoms with Gasteiger partial charge in [-0.3, -0.25) is 0 Å². The van der Waals surface area contributed by atoms with Crippen LogP contribution in [0.15, 0.2) is 30.3 Å². The van der Waals surface area contributed by atoms with Crippen LogP contribution in [0.2, 0.25) is 0 Å². The summed E-state index contributed by atoms with van der Waals surface area (Å²) in [6.45, 7) is -0.304. The summed E-state index contributed by atoms with van der Waals surface area (Å²) in [5.74, 6) is 1.35. The average molecular weight is 448 g/mol. The number of aromatic hydroxyl groups is 1. The minimum Gasteiger partial charge on any atom is -0.508 e. The minimum absolute atomic E-state index is 0.0911. The van der Waals surface area contributed by atoms with Gasteiger partial charge in [-0.1, -0.05) is 6.07 Å². The number of ether oxygens (including phenoxy) is 5. The van der Waals surface area contributed by atoms with Crippen molar-refractivity contribution in [2.24, 2.45) is 0 Å². The second-order valence-corrected chi connectivity index (χ2v) is 8.01. The van der Waals surface area contributed by atoms with Crippen molar-refractivity contribution in [3.63, 3.8) is 0 Å². The van der Waals surface area contributed by atoms with Crippen molar-refractivity contribution in [3.05, 3.63) is 41.5 Å². The molecule has 3 aliphatic rings. The Balaban J connectivity index is 1.49. The Morgan fingerprint density at radius 1 is 1.03 bits per heavy atom. The van der Waals surface area contributed by atoms with E-state index in [0.29, 0.717) is 22.8 Å². The Morgan fingerprint density at radius 2 is 1.81 bits per heavy atom. The maximum absolute atomic E-state index is 10.4. The quantitative estimate of drug-likeness (QED) is 0.439. The van der Waals surface area contributed by atoms with Crippen LogP contribution >= 0.6 is 0 Å². The van der Waals surface area contributed by atoms with Gasteiger partial charge >= 0.3 is 0 Å². The molecule has 32 heavy (non-hydrogen) atoms. The highest BCUT2D eigenvalue weighted by molar-refractivity contribution is 5.60. The van der Waals surface area contributed by atoms with E-state index in [0.717, 1.165) is 5.56 Å². The molecule has 10 heteroatoms. The molecular formula is C22H24O10. The molecule has 0 spiro atoms. The van der Waals surface area contributed by atoms with E-state index >= 15 is 0 Å². The van der Waals surface area contributed by atoms with Gasteiger partial charge in [-0.05, 0) is 18.2 Å². The number of methoxy groups -OCH3 is 1. The van der Waals surface area contributed by atoms with Crippen LogP contribution in [0.3, 0.4) is 0 Å². The normalized spacial score (nSPS) is 32.7. The molecule has 3 aliphatic heterocycles. The molecule has 7 atom stereocenters. The van der Waals surface area contributed by atoms with Crippen LogP contribution in [0.4, 0.5) is 0 Å². The monoisotopic (exact) mass is 448 g/mol. The molecule has 3 heterocycles. The Morgan fingerprint density at radius 3 is 2.56 bits per heavy atom. The van der Waals surface area contributed by atoms with Crippen molar-refractivity contribution in [2.45, 2.75) is 42.7 Å². The van der Waals surface area contributed by atoms with Crippen LogP contribution in [0.25, 0.3) is 0 Å². The zero-order valence-corrected chi connectivity index (χ0v) is 17.1. The third kappa shape index (κ3) is 3.23. The van der Waals surface area contributed by atoms with Crippen molar-refractivity contribution in [1.82, 2.24) is 0 Å². The van der Waals surface area contributed by atoms with E-state index in [4.69, 9.17) is 23.7 Å². The highest BCUT2D eigenvalue weighted by atomic mass is 16.7. The van der Waals surface area contributed by atoms with E-state index in [1.165, 1.54) is 7.11 Å². The molecule has 0 saturated carbocycles. The van der Waals surface area contributed by atoms with E-state index < -0.39 is 43.4 Å². The number of rotatable bonds is 4. The first kappa shape index (κ1) is 21.1. The van der Waals surface area contributed by atoms with Gasteiger partial charge in [0.25, 0.3) is 0 Å². The first-order chi connectivity index (χ1) is 15.4. The van der Waals surface area contributed by atoms with E-state index in [9.17, 15) is 25.5 Å². The summed E-state index contributed by atoms with van der Waals surface area (Å²) in [7, 11) is 1.44. The van der Waals surface area contributed by atoms with Gasteiger partial charge in [0.1, 0.15) is 42.0 Å². The van der Waals surface area contributed by atoms with Crippen LogP contribution in [0.5, 0.6) is 28.7 Å². The van der Waals surface area contributed by atoms with Crippen molar-refractivity contribution >= 4 is 0 Å². The van der Waals surface area contributed by atoms with Gasteiger partial charge < -0.3 is 49.2 Å². The summed E-state index contributed by atoms with van der Waals surface area (Å²) >= 11 is 0. The van der Waals surface area contributed by atoms with Gasteiger partial charge in [-0.25, -0.2) is 0 Å². The zero-order valence-electron chi connectivity index (χ0n) is 17.1. The number of aliphatic hydroxyl groups is 4.